The smallest absolute Gasteiger partial charge is 0.246 e. The van der Waals surface area contributed by atoms with E-state index in [1.807, 2.05) is 31.1 Å². The van der Waals surface area contributed by atoms with Gasteiger partial charge in [-0.1, -0.05) is 18.2 Å². The number of thiophene rings is 1. The Kier molecular flexibility index (Phi) is 5.20. The van der Waals surface area contributed by atoms with Crippen LogP contribution in [0.25, 0.3) is 10.1 Å². The lowest BCUT2D eigenvalue weighted by Gasteiger charge is -2.37. The molecule has 2 aromatic rings. The van der Waals surface area contributed by atoms with Gasteiger partial charge in [0.25, 0.3) is 0 Å². The number of likely N-dealkylation sites (tertiary alicyclic amines) is 1. The van der Waals surface area contributed by atoms with Crippen LogP contribution in [-0.2, 0) is 9.59 Å². The van der Waals surface area contributed by atoms with E-state index in [1.165, 1.54) is 10.3 Å². The normalized spacial score (nSPS) is 15.1. The first-order chi connectivity index (χ1) is 11.9. The third-order valence-corrected chi connectivity index (χ3v) is 5.23. The molecule has 0 spiro atoms. The van der Waals surface area contributed by atoms with Crippen LogP contribution in [0.15, 0.2) is 36.4 Å². The molecule has 3 rings (SSSR count). The molecule has 6 heteroatoms. The van der Waals surface area contributed by atoms with E-state index >= 15 is 0 Å². The van der Waals surface area contributed by atoms with Crippen molar-refractivity contribution in [2.45, 2.75) is 6.92 Å². The van der Waals surface area contributed by atoms with Gasteiger partial charge in [-0.2, -0.15) is 0 Å². The number of aryl methyl sites for hydroxylation is 1. The molecule has 0 unspecified atom stereocenters. The zero-order valence-corrected chi connectivity index (χ0v) is 15.6. The zero-order chi connectivity index (χ0) is 18.0. The van der Waals surface area contributed by atoms with Gasteiger partial charge in [0.2, 0.25) is 11.8 Å². The first-order valence-corrected chi connectivity index (χ1v) is 9.15. The van der Waals surface area contributed by atoms with Crippen LogP contribution < -0.4 is 5.32 Å². The molecule has 1 aromatic carbocycles. The minimum atomic E-state index is -0.127. The molecule has 1 aliphatic heterocycles. The van der Waals surface area contributed by atoms with Crippen molar-refractivity contribution >= 4 is 38.2 Å². The van der Waals surface area contributed by atoms with Crippen molar-refractivity contribution in [1.29, 1.82) is 0 Å². The maximum absolute atomic E-state index is 12.3. The summed E-state index contributed by atoms with van der Waals surface area (Å²) in [5.74, 6) is -0.161. The molecule has 25 heavy (non-hydrogen) atoms. The average Bonchev–Trinajstić information content (AvgIpc) is 2.86. The third-order valence-electron chi connectivity index (χ3n) is 4.22. The number of likely N-dealkylation sites (N-methyl/N-ethyl adjacent to an activating group) is 1. The summed E-state index contributed by atoms with van der Waals surface area (Å²) in [5, 5.41) is 4.99. The van der Waals surface area contributed by atoms with Crippen molar-refractivity contribution in [3.8, 4) is 0 Å². The molecule has 1 N–H and O–H groups in total. The predicted molar refractivity (Wildman–Crippen MR) is 103 cm³/mol. The van der Waals surface area contributed by atoms with E-state index in [4.69, 9.17) is 0 Å². The first-order valence-electron chi connectivity index (χ1n) is 8.33. The van der Waals surface area contributed by atoms with Gasteiger partial charge in [0.05, 0.1) is 10.9 Å². The van der Waals surface area contributed by atoms with E-state index in [2.05, 4.69) is 30.4 Å². The Morgan fingerprint density at radius 1 is 1.32 bits per heavy atom. The molecule has 1 aromatic heterocycles. The fourth-order valence-electron chi connectivity index (χ4n) is 2.72. The molecule has 2 amide bonds. The minimum Gasteiger partial charge on any atom is -0.337 e. The second-order valence-corrected chi connectivity index (χ2v) is 7.83. The van der Waals surface area contributed by atoms with E-state index in [-0.39, 0.29) is 17.7 Å². The summed E-state index contributed by atoms with van der Waals surface area (Å²) in [6.07, 6.45) is 3.43. The quantitative estimate of drug-likeness (QED) is 0.837. The number of carbonyl (C=O) groups excluding carboxylic acids is 2. The summed E-state index contributed by atoms with van der Waals surface area (Å²) in [6.45, 7) is 3.77. The number of anilines is 1. The van der Waals surface area contributed by atoms with Crippen LogP contribution in [0.5, 0.6) is 0 Å². The molecular formula is C19H23N3O2S. The lowest BCUT2D eigenvalue weighted by atomic mass is 9.99. The number of fused-ring (bicyclic) bond motifs is 1. The highest BCUT2D eigenvalue weighted by Crippen LogP contribution is 2.31. The number of rotatable bonds is 5. The second kappa shape index (κ2) is 7.37. The molecule has 5 nitrogen and oxygen atoms in total. The van der Waals surface area contributed by atoms with Crippen molar-refractivity contribution in [2.75, 3.05) is 39.0 Å². The first kappa shape index (κ1) is 17.6. The van der Waals surface area contributed by atoms with E-state index in [9.17, 15) is 9.59 Å². The van der Waals surface area contributed by atoms with Crippen molar-refractivity contribution < 1.29 is 9.59 Å². The van der Waals surface area contributed by atoms with Crippen LogP contribution in [0.3, 0.4) is 0 Å². The Morgan fingerprint density at radius 3 is 2.80 bits per heavy atom. The van der Waals surface area contributed by atoms with Crippen LogP contribution >= 0.6 is 11.3 Å². The minimum absolute atomic E-state index is 0.00963. The van der Waals surface area contributed by atoms with Crippen LogP contribution in [0.4, 0.5) is 5.00 Å². The molecular weight excluding hydrogens is 334 g/mol. The Balaban J connectivity index is 1.51. The van der Waals surface area contributed by atoms with Crippen molar-refractivity contribution in [2.24, 2.45) is 5.92 Å². The molecule has 2 heterocycles. The van der Waals surface area contributed by atoms with Gasteiger partial charge in [0.1, 0.15) is 0 Å². The van der Waals surface area contributed by atoms with Crippen molar-refractivity contribution in [1.82, 2.24) is 9.80 Å². The maximum atomic E-state index is 12.3. The van der Waals surface area contributed by atoms with E-state index in [0.717, 1.165) is 16.9 Å². The largest absolute Gasteiger partial charge is 0.337 e. The van der Waals surface area contributed by atoms with E-state index < -0.39 is 0 Å². The van der Waals surface area contributed by atoms with Crippen molar-refractivity contribution in [3.63, 3.8) is 0 Å². The number of amides is 2. The standard InChI is InChI=1S/C19H23N3O2S/c1-13-6-7-14-10-17(25-16(14)9-13)20-19(24)15-11-22(12-15)18(23)5-4-8-21(2)3/h4-7,9-10,15H,8,11-12H2,1-3H3,(H,20,24)/b5-4+. The highest BCUT2D eigenvalue weighted by molar-refractivity contribution is 7.23. The predicted octanol–water partition coefficient (Wildman–Crippen LogP) is 2.72. The fraction of sp³-hybridized carbons (Fsp3) is 0.368. The van der Waals surface area contributed by atoms with Crippen LogP contribution in [-0.4, -0.2) is 55.3 Å². The Labute approximate surface area is 151 Å². The molecule has 0 radical (unpaired) electrons. The average molecular weight is 357 g/mol. The molecule has 0 aliphatic carbocycles. The second-order valence-electron chi connectivity index (χ2n) is 6.75. The summed E-state index contributed by atoms with van der Waals surface area (Å²) < 4.78 is 1.17. The number of hydrogen-bond donors (Lipinski definition) is 1. The van der Waals surface area contributed by atoms with Gasteiger partial charge in [0.15, 0.2) is 0 Å². The molecule has 1 fully saturated rings. The molecule has 0 atom stereocenters. The number of benzene rings is 1. The molecule has 0 saturated carbocycles. The number of carbonyl (C=O) groups is 2. The van der Waals surface area contributed by atoms with Crippen LogP contribution in [0, 0.1) is 12.8 Å². The van der Waals surface area contributed by atoms with Crippen LogP contribution in [0.2, 0.25) is 0 Å². The monoisotopic (exact) mass is 357 g/mol. The third kappa shape index (κ3) is 4.27. The summed E-state index contributed by atoms with van der Waals surface area (Å²) >= 11 is 1.58. The molecule has 1 aliphatic rings. The Hall–Kier alpha value is -2.18. The fourth-order valence-corrected chi connectivity index (χ4v) is 3.78. The van der Waals surface area contributed by atoms with Gasteiger partial charge in [-0.15, -0.1) is 11.3 Å². The number of nitrogens with zero attached hydrogens (tertiary/aromatic N) is 2. The summed E-state index contributed by atoms with van der Waals surface area (Å²) in [7, 11) is 3.91. The van der Waals surface area contributed by atoms with E-state index in [1.54, 1.807) is 22.3 Å². The molecule has 0 bridgehead atoms. The van der Waals surface area contributed by atoms with Gasteiger partial charge < -0.3 is 15.1 Å². The van der Waals surface area contributed by atoms with Gasteiger partial charge in [0, 0.05) is 30.4 Å². The SMILES string of the molecule is Cc1ccc2cc(NC(=O)C3CN(C(=O)/C=C/CN(C)C)C3)sc2c1. The van der Waals surface area contributed by atoms with Gasteiger partial charge in [-0.05, 0) is 44.1 Å². The summed E-state index contributed by atoms with van der Waals surface area (Å²) in [4.78, 5) is 28.0. The lowest BCUT2D eigenvalue weighted by Crippen LogP contribution is -2.53. The topological polar surface area (TPSA) is 52.7 Å². The van der Waals surface area contributed by atoms with Gasteiger partial charge >= 0.3 is 0 Å². The number of hydrogen-bond acceptors (Lipinski definition) is 4. The Bertz CT molecular complexity index is 819. The van der Waals surface area contributed by atoms with E-state index in [0.29, 0.717) is 13.1 Å². The lowest BCUT2D eigenvalue weighted by molar-refractivity contribution is -0.137. The number of nitrogens with one attached hydrogen (secondary N) is 1. The molecule has 132 valence electrons. The zero-order valence-electron chi connectivity index (χ0n) is 14.8. The van der Waals surface area contributed by atoms with Crippen LogP contribution in [0.1, 0.15) is 5.56 Å². The summed E-state index contributed by atoms with van der Waals surface area (Å²) in [5.41, 5.74) is 1.21. The van der Waals surface area contributed by atoms with Gasteiger partial charge in [-0.3, -0.25) is 9.59 Å². The Morgan fingerprint density at radius 2 is 2.08 bits per heavy atom. The summed E-state index contributed by atoms with van der Waals surface area (Å²) in [6, 6.07) is 8.27. The van der Waals surface area contributed by atoms with Gasteiger partial charge in [-0.25, -0.2) is 0 Å². The molecule has 1 saturated heterocycles. The maximum Gasteiger partial charge on any atom is 0.246 e. The van der Waals surface area contributed by atoms with Crippen molar-refractivity contribution in [3.05, 3.63) is 42.0 Å². The highest BCUT2D eigenvalue weighted by atomic mass is 32.1. The highest BCUT2D eigenvalue weighted by Gasteiger charge is 2.34.